The highest BCUT2D eigenvalue weighted by molar-refractivity contribution is 9.10. The van der Waals surface area contributed by atoms with Gasteiger partial charge < -0.3 is 5.32 Å². The Bertz CT molecular complexity index is 1180. The number of anilines is 1. The van der Waals surface area contributed by atoms with E-state index in [9.17, 15) is 4.79 Å². The van der Waals surface area contributed by atoms with Crippen LogP contribution in [-0.2, 0) is 0 Å². The molecule has 4 aromatic rings. The molecule has 2 heterocycles. The number of hydrogen-bond acceptors (Lipinski definition) is 3. The predicted molar refractivity (Wildman–Crippen MR) is 115 cm³/mol. The van der Waals surface area contributed by atoms with Crippen LogP contribution in [0.3, 0.4) is 0 Å². The number of carbonyl (C=O) groups excluding carboxylic acids is 1. The zero-order valence-electron chi connectivity index (χ0n) is 15.2. The van der Waals surface area contributed by atoms with Crippen LogP contribution in [0.25, 0.3) is 15.9 Å². The van der Waals surface area contributed by atoms with Gasteiger partial charge in [0.1, 0.15) is 4.83 Å². The number of rotatable bonds is 3. The van der Waals surface area contributed by atoms with Crippen molar-refractivity contribution in [2.45, 2.75) is 20.8 Å². The summed E-state index contributed by atoms with van der Waals surface area (Å²) in [6, 6.07) is 15.9. The predicted octanol–water partition coefficient (Wildman–Crippen LogP) is 6.03. The average Bonchev–Trinajstić information content (AvgIpc) is 3.19. The Kier molecular flexibility index (Phi) is 4.61. The standard InChI is InChI=1S/C21H18BrN3OS/c1-12-8-9-17(16(22)10-12)23-20(26)19-11-15-14(3)24-25(21(15)27-19)18-7-5-4-6-13(18)2/h4-11H,1-3H3,(H,23,26). The molecule has 2 aromatic heterocycles. The number of aromatic nitrogens is 2. The molecule has 0 saturated heterocycles. The number of nitrogens with zero attached hydrogens (tertiary/aromatic N) is 2. The Balaban J connectivity index is 1.72. The van der Waals surface area contributed by atoms with Crippen LogP contribution < -0.4 is 5.32 Å². The molecule has 4 rings (SSSR count). The fraction of sp³-hybridized carbons (Fsp3) is 0.143. The largest absolute Gasteiger partial charge is 0.320 e. The summed E-state index contributed by atoms with van der Waals surface area (Å²) in [5.41, 5.74) is 4.99. The summed E-state index contributed by atoms with van der Waals surface area (Å²) < 4.78 is 2.81. The van der Waals surface area contributed by atoms with Crippen LogP contribution in [0.4, 0.5) is 5.69 Å². The molecule has 0 spiro atoms. The lowest BCUT2D eigenvalue weighted by Crippen LogP contribution is -2.10. The molecule has 0 aliphatic carbocycles. The topological polar surface area (TPSA) is 46.9 Å². The van der Waals surface area contributed by atoms with E-state index >= 15 is 0 Å². The van der Waals surface area contributed by atoms with Crippen LogP contribution in [0.15, 0.2) is 53.0 Å². The first-order valence-electron chi connectivity index (χ1n) is 8.56. The van der Waals surface area contributed by atoms with Gasteiger partial charge in [-0.1, -0.05) is 24.3 Å². The van der Waals surface area contributed by atoms with Crippen molar-refractivity contribution in [3.05, 3.63) is 74.7 Å². The molecule has 0 aliphatic rings. The fourth-order valence-corrected chi connectivity index (χ4v) is 4.69. The summed E-state index contributed by atoms with van der Waals surface area (Å²) in [5, 5.41) is 8.68. The number of para-hydroxylation sites is 1. The highest BCUT2D eigenvalue weighted by Gasteiger charge is 2.18. The van der Waals surface area contributed by atoms with Crippen LogP contribution in [0.1, 0.15) is 26.5 Å². The third kappa shape index (κ3) is 3.31. The van der Waals surface area contributed by atoms with Gasteiger partial charge in [-0.15, -0.1) is 11.3 Å². The zero-order valence-corrected chi connectivity index (χ0v) is 17.6. The highest BCUT2D eigenvalue weighted by Crippen LogP contribution is 2.32. The number of carbonyl (C=O) groups is 1. The van der Waals surface area contributed by atoms with E-state index in [-0.39, 0.29) is 5.91 Å². The minimum absolute atomic E-state index is 0.114. The van der Waals surface area contributed by atoms with Crippen molar-refractivity contribution in [2.24, 2.45) is 0 Å². The minimum Gasteiger partial charge on any atom is -0.320 e. The van der Waals surface area contributed by atoms with E-state index in [4.69, 9.17) is 0 Å². The van der Waals surface area contributed by atoms with Gasteiger partial charge in [0.05, 0.1) is 21.9 Å². The Morgan fingerprint density at radius 1 is 1.11 bits per heavy atom. The van der Waals surface area contributed by atoms with Gasteiger partial charge in [-0.25, -0.2) is 4.68 Å². The second-order valence-corrected chi connectivity index (χ2v) is 8.44. The van der Waals surface area contributed by atoms with E-state index < -0.39 is 0 Å². The first-order chi connectivity index (χ1) is 12.9. The molecule has 0 fully saturated rings. The molecule has 0 bridgehead atoms. The monoisotopic (exact) mass is 439 g/mol. The van der Waals surface area contributed by atoms with Crippen molar-refractivity contribution < 1.29 is 4.79 Å². The third-order valence-corrected chi connectivity index (χ3v) is 6.25. The van der Waals surface area contributed by atoms with E-state index in [0.717, 1.165) is 42.9 Å². The number of benzene rings is 2. The zero-order chi connectivity index (χ0) is 19.1. The molecule has 4 nitrogen and oxygen atoms in total. The first-order valence-corrected chi connectivity index (χ1v) is 10.2. The Hall–Kier alpha value is -2.44. The molecule has 136 valence electrons. The Labute approximate surface area is 170 Å². The summed E-state index contributed by atoms with van der Waals surface area (Å²) in [6.45, 7) is 6.05. The Morgan fingerprint density at radius 2 is 1.89 bits per heavy atom. The second kappa shape index (κ2) is 6.94. The molecule has 0 atom stereocenters. The molecule has 1 N–H and O–H groups in total. The van der Waals surface area contributed by atoms with Gasteiger partial charge in [-0.3, -0.25) is 4.79 Å². The molecular weight excluding hydrogens is 422 g/mol. The number of aryl methyl sites for hydroxylation is 3. The van der Waals surface area contributed by atoms with Crippen molar-refractivity contribution in [1.82, 2.24) is 9.78 Å². The van der Waals surface area contributed by atoms with Gasteiger partial charge in [0.2, 0.25) is 0 Å². The highest BCUT2D eigenvalue weighted by atomic mass is 79.9. The van der Waals surface area contributed by atoms with Crippen molar-refractivity contribution >= 4 is 49.1 Å². The second-order valence-electron chi connectivity index (χ2n) is 6.55. The number of hydrogen-bond donors (Lipinski definition) is 1. The van der Waals surface area contributed by atoms with Crippen molar-refractivity contribution in [3.8, 4) is 5.69 Å². The maximum atomic E-state index is 12.8. The quantitative estimate of drug-likeness (QED) is 0.423. The van der Waals surface area contributed by atoms with Crippen LogP contribution in [-0.4, -0.2) is 15.7 Å². The normalized spacial score (nSPS) is 11.1. The smallest absolute Gasteiger partial charge is 0.265 e. The number of amides is 1. The van der Waals surface area contributed by atoms with Crippen LogP contribution in [0, 0.1) is 20.8 Å². The van der Waals surface area contributed by atoms with Crippen LogP contribution in [0.5, 0.6) is 0 Å². The van der Waals surface area contributed by atoms with Gasteiger partial charge in [-0.2, -0.15) is 5.10 Å². The summed E-state index contributed by atoms with van der Waals surface area (Å²) in [5.74, 6) is -0.114. The summed E-state index contributed by atoms with van der Waals surface area (Å²) >= 11 is 4.97. The number of fused-ring (bicyclic) bond motifs is 1. The van der Waals surface area contributed by atoms with Gasteiger partial charge in [-0.05, 0) is 72.1 Å². The van der Waals surface area contributed by atoms with E-state index in [1.165, 1.54) is 11.3 Å². The number of halogens is 1. The minimum atomic E-state index is -0.114. The summed E-state index contributed by atoms with van der Waals surface area (Å²) in [4.78, 5) is 14.4. The lowest BCUT2D eigenvalue weighted by atomic mass is 10.2. The number of nitrogens with one attached hydrogen (secondary N) is 1. The first kappa shape index (κ1) is 17.9. The van der Waals surface area contributed by atoms with Gasteiger partial charge >= 0.3 is 0 Å². The molecule has 6 heteroatoms. The number of thiophene rings is 1. The van der Waals surface area contributed by atoms with E-state index in [0.29, 0.717) is 4.88 Å². The summed E-state index contributed by atoms with van der Waals surface area (Å²) in [7, 11) is 0. The van der Waals surface area contributed by atoms with Gasteiger partial charge in [0.25, 0.3) is 5.91 Å². The molecule has 0 saturated carbocycles. The molecule has 27 heavy (non-hydrogen) atoms. The molecule has 1 amide bonds. The fourth-order valence-electron chi connectivity index (χ4n) is 3.03. The van der Waals surface area contributed by atoms with E-state index in [2.05, 4.69) is 39.3 Å². The SMILES string of the molecule is Cc1ccc(NC(=O)c2cc3c(C)nn(-c4ccccc4C)c3s2)c(Br)c1. The molecule has 2 aromatic carbocycles. The van der Waals surface area contributed by atoms with Crippen molar-refractivity contribution in [1.29, 1.82) is 0 Å². The van der Waals surface area contributed by atoms with E-state index in [1.807, 2.05) is 61.0 Å². The summed E-state index contributed by atoms with van der Waals surface area (Å²) in [6.07, 6.45) is 0. The lowest BCUT2D eigenvalue weighted by molar-refractivity contribution is 0.103. The van der Waals surface area contributed by atoms with Crippen molar-refractivity contribution in [3.63, 3.8) is 0 Å². The average molecular weight is 440 g/mol. The van der Waals surface area contributed by atoms with Crippen LogP contribution >= 0.6 is 27.3 Å². The molecule has 0 radical (unpaired) electrons. The lowest BCUT2D eigenvalue weighted by Gasteiger charge is -2.07. The maximum Gasteiger partial charge on any atom is 0.265 e. The van der Waals surface area contributed by atoms with E-state index in [1.54, 1.807) is 0 Å². The third-order valence-electron chi connectivity index (χ3n) is 4.48. The maximum absolute atomic E-state index is 12.8. The molecule has 0 unspecified atom stereocenters. The van der Waals surface area contributed by atoms with Crippen molar-refractivity contribution in [2.75, 3.05) is 5.32 Å². The molecule has 0 aliphatic heterocycles. The van der Waals surface area contributed by atoms with Gasteiger partial charge in [0, 0.05) is 9.86 Å². The van der Waals surface area contributed by atoms with Crippen LogP contribution in [0.2, 0.25) is 0 Å². The Morgan fingerprint density at radius 3 is 2.63 bits per heavy atom. The molecular formula is C21H18BrN3OS. The van der Waals surface area contributed by atoms with Gasteiger partial charge in [0.15, 0.2) is 0 Å².